The molecule has 10 heteroatoms. The Morgan fingerprint density at radius 1 is 1.59 bits per heavy atom. The molecule has 0 aromatic carbocycles. The molecular formula is C12H19N9O. The van der Waals surface area contributed by atoms with Crippen molar-refractivity contribution in [3.63, 3.8) is 0 Å². The summed E-state index contributed by atoms with van der Waals surface area (Å²) in [5.41, 5.74) is 6.98. The topological polar surface area (TPSA) is 115 Å². The Balaban J connectivity index is 1.72. The molecule has 3 N–H and O–H groups in total. The molecule has 2 aromatic rings. The molecule has 0 spiro atoms. The zero-order valence-corrected chi connectivity index (χ0v) is 12.5. The fourth-order valence-electron chi connectivity index (χ4n) is 2.66. The number of nitrogens with zero attached hydrogens (tertiary/aromatic N) is 6. The molecule has 0 aliphatic carbocycles. The lowest BCUT2D eigenvalue weighted by Gasteiger charge is -2.22. The van der Waals surface area contributed by atoms with Crippen molar-refractivity contribution >= 4 is 5.91 Å². The number of aryl methyl sites for hydroxylation is 1. The number of hydrogen-bond donors (Lipinski definition) is 3. The minimum atomic E-state index is -0.306. The van der Waals surface area contributed by atoms with Crippen LogP contribution in [0, 0.1) is 5.92 Å². The highest BCUT2D eigenvalue weighted by atomic mass is 16.2. The van der Waals surface area contributed by atoms with Gasteiger partial charge in [0.1, 0.15) is 12.5 Å². The minimum absolute atomic E-state index is 0.0500. The Labute approximate surface area is 127 Å². The van der Waals surface area contributed by atoms with Crippen molar-refractivity contribution in [3.8, 4) is 0 Å². The quantitative estimate of drug-likeness (QED) is 0.642. The normalized spacial score (nSPS) is 22.6. The van der Waals surface area contributed by atoms with Gasteiger partial charge in [0.15, 0.2) is 0 Å². The number of carbonyl (C=O) groups is 1. The molecule has 1 aliphatic heterocycles. The van der Waals surface area contributed by atoms with Gasteiger partial charge in [0, 0.05) is 19.8 Å². The van der Waals surface area contributed by atoms with E-state index < -0.39 is 0 Å². The maximum absolute atomic E-state index is 12.6. The molecule has 1 saturated heterocycles. The number of carbonyl (C=O) groups excluding carboxylic acids is 1. The largest absolute Gasteiger partial charge is 0.347 e. The minimum Gasteiger partial charge on any atom is -0.347 e. The van der Waals surface area contributed by atoms with Crippen LogP contribution in [0.1, 0.15) is 31.2 Å². The number of hydrogen-bond acceptors (Lipinski definition) is 7. The number of amides is 1. The van der Waals surface area contributed by atoms with Crippen LogP contribution in [-0.2, 0) is 11.8 Å². The van der Waals surface area contributed by atoms with Gasteiger partial charge in [0.25, 0.3) is 0 Å². The molecule has 118 valence electrons. The highest BCUT2D eigenvalue weighted by Crippen LogP contribution is 2.21. The molecule has 0 bridgehead atoms. The fraction of sp³-hybridized carbons (Fsp3) is 0.583. The van der Waals surface area contributed by atoms with Crippen molar-refractivity contribution in [2.75, 3.05) is 6.54 Å². The van der Waals surface area contributed by atoms with Gasteiger partial charge in [-0.15, -0.1) is 5.10 Å². The molecule has 1 fully saturated rings. The molecule has 3 unspecified atom stereocenters. The first kappa shape index (κ1) is 14.6. The van der Waals surface area contributed by atoms with E-state index in [-0.39, 0.29) is 24.0 Å². The van der Waals surface area contributed by atoms with Gasteiger partial charge >= 0.3 is 0 Å². The first-order valence-electron chi connectivity index (χ1n) is 7.19. The first-order valence-corrected chi connectivity index (χ1v) is 7.19. The second kappa shape index (κ2) is 6.20. The first-order chi connectivity index (χ1) is 10.7. The van der Waals surface area contributed by atoms with Gasteiger partial charge in [0.2, 0.25) is 5.91 Å². The van der Waals surface area contributed by atoms with E-state index in [9.17, 15) is 4.79 Å². The van der Waals surface area contributed by atoms with E-state index in [1.165, 1.54) is 11.0 Å². The monoisotopic (exact) mass is 305 g/mol. The van der Waals surface area contributed by atoms with Crippen LogP contribution in [0.15, 0.2) is 18.6 Å². The van der Waals surface area contributed by atoms with Gasteiger partial charge in [-0.3, -0.25) is 14.9 Å². The summed E-state index contributed by atoms with van der Waals surface area (Å²) in [5.74, 6) is -0.350. The fourth-order valence-corrected chi connectivity index (χ4v) is 2.66. The summed E-state index contributed by atoms with van der Waals surface area (Å²) in [4.78, 5) is 12.6. The Kier molecular flexibility index (Phi) is 4.11. The van der Waals surface area contributed by atoms with Crippen molar-refractivity contribution < 1.29 is 4.79 Å². The third kappa shape index (κ3) is 2.70. The number of rotatable bonds is 5. The van der Waals surface area contributed by atoms with Gasteiger partial charge in [-0.1, -0.05) is 6.92 Å². The Hall–Kier alpha value is -2.33. The van der Waals surface area contributed by atoms with E-state index in [4.69, 9.17) is 0 Å². The summed E-state index contributed by atoms with van der Waals surface area (Å²) in [6.07, 6.45) is 3.70. The lowest BCUT2D eigenvalue weighted by Crippen LogP contribution is -2.39. The van der Waals surface area contributed by atoms with Gasteiger partial charge in [-0.2, -0.15) is 5.10 Å². The second-order valence-corrected chi connectivity index (χ2v) is 5.22. The molecule has 22 heavy (non-hydrogen) atoms. The predicted octanol–water partition coefficient (Wildman–Crippen LogP) is -1.10. The molecular weight excluding hydrogens is 286 g/mol. The van der Waals surface area contributed by atoms with Crippen LogP contribution in [0.5, 0.6) is 0 Å². The van der Waals surface area contributed by atoms with Crippen molar-refractivity contribution in [3.05, 3.63) is 24.3 Å². The summed E-state index contributed by atoms with van der Waals surface area (Å²) in [6.45, 7) is 2.54. The Morgan fingerprint density at radius 2 is 2.45 bits per heavy atom. The summed E-state index contributed by atoms with van der Waals surface area (Å²) < 4.78 is 3.31. The summed E-state index contributed by atoms with van der Waals surface area (Å²) in [5, 5.41) is 18.3. The van der Waals surface area contributed by atoms with E-state index in [0.717, 1.165) is 12.1 Å². The summed E-state index contributed by atoms with van der Waals surface area (Å²) >= 11 is 0. The summed E-state index contributed by atoms with van der Waals surface area (Å²) in [7, 11) is 1.87. The molecule has 2 aromatic heterocycles. The average Bonchev–Trinajstić information content (AvgIpc) is 3.24. The molecule has 0 radical (unpaired) electrons. The van der Waals surface area contributed by atoms with Crippen molar-refractivity contribution in [1.82, 2.24) is 46.2 Å². The van der Waals surface area contributed by atoms with Crippen molar-refractivity contribution in [2.24, 2.45) is 13.0 Å². The zero-order valence-electron chi connectivity index (χ0n) is 12.5. The smallest absolute Gasteiger partial charge is 0.228 e. The number of nitrogens with one attached hydrogen (secondary N) is 3. The Bertz CT molecular complexity index is 622. The lowest BCUT2D eigenvalue weighted by atomic mass is 10.0. The van der Waals surface area contributed by atoms with E-state index in [0.29, 0.717) is 6.54 Å². The third-order valence-corrected chi connectivity index (χ3v) is 3.88. The van der Waals surface area contributed by atoms with Crippen LogP contribution in [-0.4, -0.2) is 42.4 Å². The maximum atomic E-state index is 12.6. The average molecular weight is 305 g/mol. The SMILES string of the molecule is CCC(NC(=O)C1CNNC1n1cnnn1)c1ccnn1C. The number of tetrazole rings is 1. The van der Waals surface area contributed by atoms with Gasteiger partial charge in [-0.25, -0.2) is 10.1 Å². The number of aromatic nitrogens is 6. The van der Waals surface area contributed by atoms with E-state index in [1.54, 1.807) is 10.9 Å². The van der Waals surface area contributed by atoms with E-state index in [2.05, 4.69) is 36.8 Å². The molecule has 10 nitrogen and oxygen atoms in total. The van der Waals surface area contributed by atoms with E-state index >= 15 is 0 Å². The zero-order chi connectivity index (χ0) is 15.5. The molecule has 1 amide bonds. The van der Waals surface area contributed by atoms with Crippen LogP contribution >= 0.6 is 0 Å². The van der Waals surface area contributed by atoms with Crippen LogP contribution in [0.25, 0.3) is 0 Å². The van der Waals surface area contributed by atoms with Crippen LogP contribution < -0.4 is 16.2 Å². The second-order valence-electron chi connectivity index (χ2n) is 5.22. The molecule has 3 atom stereocenters. The highest BCUT2D eigenvalue weighted by Gasteiger charge is 2.36. The molecule has 3 heterocycles. The highest BCUT2D eigenvalue weighted by molar-refractivity contribution is 5.80. The lowest BCUT2D eigenvalue weighted by molar-refractivity contribution is -0.126. The van der Waals surface area contributed by atoms with Gasteiger partial charge in [0.05, 0.1) is 17.7 Å². The van der Waals surface area contributed by atoms with Gasteiger partial charge < -0.3 is 5.32 Å². The van der Waals surface area contributed by atoms with Crippen molar-refractivity contribution in [1.29, 1.82) is 0 Å². The molecule has 3 rings (SSSR count). The summed E-state index contributed by atoms with van der Waals surface area (Å²) in [6, 6.07) is 1.84. The third-order valence-electron chi connectivity index (χ3n) is 3.88. The number of hydrazine groups is 1. The molecule has 1 aliphatic rings. The van der Waals surface area contributed by atoms with Crippen LogP contribution in [0.2, 0.25) is 0 Å². The van der Waals surface area contributed by atoms with Gasteiger partial charge in [-0.05, 0) is 22.9 Å². The van der Waals surface area contributed by atoms with Crippen molar-refractivity contribution in [2.45, 2.75) is 25.6 Å². The molecule has 0 saturated carbocycles. The van der Waals surface area contributed by atoms with Crippen LogP contribution in [0.3, 0.4) is 0 Å². The van der Waals surface area contributed by atoms with E-state index in [1.807, 2.05) is 20.0 Å². The maximum Gasteiger partial charge on any atom is 0.228 e. The van der Waals surface area contributed by atoms with Crippen LogP contribution in [0.4, 0.5) is 0 Å². The Morgan fingerprint density at radius 3 is 3.09 bits per heavy atom. The predicted molar refractivity (Wildman–Crippen MR) is 75.9 cm³/mol. The standard InChI is InChI=1S/C12H19N9O/c1-3-9(10-4-5-15-20(10)2)16-12(22)8-6-13-17-11(8)21-7-14-18-19-21/h4-5,7-9,11,13,17H,3,6H2,1-2H3,(H,16,22).